The summed E-state index contributed by atoms with van der Waals surface area (Å²) in [6.45, 7) is 5.88. The molecule has 3 aliphatic heterocycles. The molecule has 2 saturated heterocycles. The SMILES string of the molecule is CC/C(=C(\c1ccc(O)cc1)C1C2=C3CCC(=C1CC2)C3OCCCC(O)CN1CCN(c2ccc3c(c2F)CN(C2CCC(=O)NC2=O)C3=O)CC1)c1ccccc1. The Hall–Kier alpha value is -5.10. The van der Waals surface area contributed by atoms with Gasteiger partial charge in [-0.3, -0.25) is 24.6 Å². The van der Waals surface area contributed by atoms with Crippen LogP contribution >= 0.6 is 0 Å². The third kappa shape index (κ3) is 7.42. The molecule has 3 aromatic rings. The summed E-state index contributed by atoms with van der Waals surface area (Å²) in [4.78, 5) is 42.8. The number of imide groups is 1. The molecule has 4 fully saturated rings. The zero-order chi connectivity index (χ0) is 40.8. The number of hydrogen-bond donors (Lipinski definition) is 3. The molecule has 0 aromatic heterocycles. The van der Waals surface area contributed by atoms with Gasteiger partial charge in [-0.25, -0.2) is 4.39 Å². The van der Waals surface area contributed by atoms with Crippen molar-refractivity contribution in [1.29, 1.82) is 0 Å². The van der Waals surface area contributed by atoms with E-state index in [2.05, 4.69) is 59.6 Å². The maximum absolute atomic E-state index is 15.9. The highest BCUT2D eigenvalue weighted by molar-refractivity contribution is 6.05. The summed E-state index contributed by atoms with van der Waals surface area (Å²) < 4.78 is 22.6. The third-order valence-corrected chi connectivity index (χ3v) is 13.5. The van der Waals surface area contributed by atoms with Crippen LogP contribution in [0.5, 0.6) is 5.75 Å². The van der Waals surface area contributed by atoms with Crippen molar-refractivity contribution in [2.45, 2.75) is 89.5 Å². The number of allylic oxidation sites excluding steroid dienone is 4. The highest BCUT2D eigenvalue weighted by atomic mass is 19.1. The molecule has 0 radical (unpaired) electrons. The number of carbonyl (C=O) groups is 3. The van der Waals surface area contributed by atoms with E-state index in [1.165, 1.54) is 43.9 Å². The fourth-order valence-corrected chi connectivity index (χ4v) is 10.7. The Labute approximate surface area is 345 Å². The lowest BCUT2D eigenvalue weighted by atomic mass is 9.75. The first kappa shape index (κ1) is 39.4. The number of halogens is 1. The predicted octanol–water partition coefficient (Wildman–Crippen LogP) is 6.77. The maximum Gasteiger partial charge on any atom is 0.255 e. The number of nitrogens with one attached hydrogen (secondary N) is 1. The van der Waals surface area contributed by atoms with Crippen LogP contribution in [0.15, 0.2) is 89.0 Å². The van der Waals surface area contributed by atoms with Crippen molar-refractivity contribution in [3.8, 4) is 5.75 Å². The Morgan fingerprint density at radius 3 is 2.24 bits per heavy atom. The van der Waals surface area contributed by atoms with Crippen molar-refractivity contribution in [2.75, 3.05) is 44.2 Å². The number of hydrogen-bond acceptors (Lipinski definition) is 8. The first-order valence-electron chi connectivity index (χ1n) is 21.4. The number of amides is 3. The number of carbonyl (C=O) groups excluding carboxylic acids is 3. The van der Waals surface area contributed by atoms with Crippen LogP contribution in [-0.2, 0) is 20.9 Å². The lowest BCUT2D eigenvalue weighted by Gasteiger charge is -2.37. The summed E-state index contributed by atoms with van der Waals surface area (Å²) in [5, 5.41) is 23.5. The van der Waals surface area contributed by atoms with Crippen LogP contribution in [0.2, 0.25) is 0 Å². The van der Waals surface area contributed by atoms with Crippen LogP contribution in [0.1, 0.15) is 91.8 Å². The van der Waals surface area contributed by atoms with Gasteiger partial charge in [-0.2, -0.15) is 0 Å². The summed E-state index contributed by atoms with van der Waals surface area (Å²) in [6.07, 6.45) is 6.40. The predicted molar refractivity (Wildman–Crippen MR) is 224 cm³/mol. The molecule has 3 aliphatic carbocycles. The standard InChI is InChI=1S/C48H53FN4O6/c1-2-33(29-7-4-3-5-8-29)43(30-10-12-31(54)13-11-30)44-34-14-15-35(44)37-17-16-36(34)46(37)59-26-6-9-32(55)27-51-22-24-52(25-23-51)40-19-18-38-39(45(40)49)28-53(48(38)58)41-20-21-42(56)50-47(41)57/h3-5,7-8,10-13,18-19,32,41,44,46,54-55H,2,6,9,14-17,20-28H2,1H3,(H,50,56,57)/b43-33-. The molecule has 3 N–H and O–H groups in total. The van der Waals surface area contributed by atoms with Gasteiger partial charge in [0.2, 0.25) is 11.8 Å². The van der Waals surface area contributed by atoms with E-state index in [-0.39, 0.29) is 54.5 Å². The molecule has 11 heteroatoms. The number of rotatable bonds is 13. The van der Waals surface area contributed by atoms with Crippen molar-refractivity contribution in [3.63, 3.8) is 0 Å². The van der Waals surface area contributed by atoms with Gasteiger partial charge < -0.3 is 24.7 Å². The lowest BCUT2D eigenvalue weighted by Crippen LogP contribution is -2.52. The van der Waals surface area contributed by atoms with Crippen molar-refractivity contribution < 1.29 is 33.7 Å². The van der Waals surface area contributed by atoms with Gasteiger partial charge in [0.15, 0.2) is 5.82 Å². The van der Waals surface area contributed by atoms with Gasteiger partial charge in [-0.15, -0.1) is 0 Å². The molecular formula is C48H53FN4O6. The van der Waals surface area contributed by atoms with Crippen LogP contribution in [-0.4, -0.2) is 95.3 Å². The lowest BCUT2D eigenvalue weighted by molar-refractivity contribution is -0.136. The molecule has 9 rings (SSSR count). The van der Waals surface area contributed by atoms with Gasteiger partial charge in [-0.1, -0.05) is 60.5 Å². The highest BCUT2D eigenvalue weighted by Crippen LogP contribution is 2.58. The van der Waals surface area contributed by atoms with Crippen LogP contribution in [0.25, 0.3) is 11.1 Å². The number of ether oxygens (including phenoxy) is 1. The minimum absolute atomic E-state index is 0.00261. The average molecular weight is 801 g/mol. The minimum atomic E-state index is -0.785. The van der Waals surface area contributed by atoms with Gasteiger partial charge in [0.05, 0.1) is 18.3 Å². The number of phenolic OH excluding ortho intramolecular Hbond substituents is 1. The molecule has 6 aliphatic rings. The topological polar surface area (TPSA) is 123 Å². The largest absolute Gasteiger partial charge is 0.508 e. The number of aliphatic hydroxyl groups is 1. The third-order valence-electron chi connectivity index (χ3n) is 13.5. The second kappa shape index (κ2) is 16.5. The number of aliphatic hydroxyl groups excluding tert-OH is 1. The highest BCUT2D eigenvalue weighted by Gasteiger charge is 2.46. The first-order valence-corrected chi connectivity index (χ1v) is 21.4. The van der Waals surface area contributed by atoms with Crippen LogP contribution in [0.3, 0.4) is 0 Å². The zero-order valence-corrected chi connectivity index (χ0v) is 33.7. The van der Waals surface area contributed by atoms with Gasteiger partial charge in [0.1, 0.15) is 17.9 Å². The molecule has 308 valence electrons. The van der Waals surface area contributed by atoms with Crippen LogP contribution < -0.4 is 10.2 Å². The Kier molecular flexibility index (Phi) is 11.0. The summed E-state index contributed by atoms with van der Waals surface area (Å²) in [7, 11) is 0. The summed E-state index contributed by atoms with van der Waals surface area (Å²) in [6, 6.07) is 20.9. The second-order valence-corrected chi connectivity index (χ2v) is 16.9. The van der Waals surface area contributed by atoms with Crippen LogP contribution in [0, 0.1) is 11.7 Å². The van der Waals surface area contributed by atoms with E-state index >= 15 is 4.39 Å². The molecule has 3 aromatic carbocycles. The van der Waals surface area contributed by atoms with Gasteiger partial charge in [0, 0.05) is 62.8 Å². The quantitative estimate of drug-likeness (QED) is 0.0750. The molecule has 2 unspecified atom stereocenters. The molecule has 59 heavy (non-hydrogen) atoms. The van der Waals surface area contributed by atoms with E-state index in [1.807, 2.05) is 4.90 Å². The van der Waals surface area contributed by atoms with Gasteiger partial charge in [0.25, 0.3) is 5.91 Å². The van der Waals surface area contributed by atoms with Crippen molar-refractivity contribution >= 4 is 34.6 Å². The Bertz CT molecular complexity index is 2210. The van der Waals surface area contributed by atoms with Gasteiger partial charge >= 0.3 is 0 Å². The molecule has 0 spiro atoms. The second-order valence-electron chi connectivity index (χ2n) is 16.9. The van der Waals surface area contributed by atoms with E-state index in [4.69, 9.17) is 4.74 Å². The molecule has 2 saturated carbocycles. The van der Waals surface area contributed by atoms with Crippen molar-refractivity contribution in [2.24, 2.45) is 5.92 Å². The summed E-state index contributed by atoms with van der Waals surface area (Å²) >= 11 is 0. The number of aromatic hydroxyl groups is 1. The van der Waals surface area contributed by atoms with Crippen molar-refractivity contribution in [3.05, 3.63) is 117 Å². The Balaban J connectivity index is 0.789. The molecule has 10 nitrogen and oxygen atoms in total. The Morgan fingerprint density at radius 2 is 1.56 bits per heavy atom. The van der Waals surface area contributed by atoms with E-state index < -0.39 is 23.9 Å². The molecule has 2 atom stereocenters. The van der Waals surface area contributed by atoms with Crippen LogP contribution in [0.4, 0.5) is 10.1 Å². The van der Waals surface area contributed by atoms with E-state index in [0.717, 1.165) is 44.1 Å². The normalized spacial score (nSPS) is 23.9. The van der Waals surface area contributed by atoms with E-state index in [0.29, 0.717) is 57.0 Å². The Morgan fingerprint density at radius 1 is 0.864 bits per heavy atom. The van der Waals surface area contributed by atoms with Gasteiger partial charge in [-0.05, 0) is 109 Å². The monoisotopic (exact) mass is 800 g/mol. The number of nitrogens with zero attached hydrogens (tertiary/aromatic N) is 3. The fourth-order valence-electron chi connectivity index (χ4n) is 10.7. The number of benzene rings is 3. The first-order chi connectivity index (χ1) is 28.7. The number of piperidine rings is 1. The number of piperazine rings is 1. The zero-order valence-electron chi connectivity index (χ0n) is 33.7. The number of β-amino-alcohol motifs (C(OH)–C–C–N with tert-alkyl or cyclic N) is 1. The van der Waals surface area contributed by atoms with Crippen molar-refractivity contribution in [1.82, 2.24) is 15.1 Å². The van der Waals surface area contributed by atoms with E-state index in [1.54, 1.807) is 24.3 Å². The molecule has 3 amide bonds. The number of anilines is 1. The summed E-state index contributed by atoms with van der Waals surface area (Å²) in [5.41, 5.74) is 12.0. The average Bonchev–Trinajstić information content (AvgIpc) is 3.89. The number of fused-ring (bicyclic) bond motifs is 5. The van der Waals surface area contributed by atoms with E-state index in [9.17, 15) is 24.6 Å². The fraction of sp³-hybridized carbons (Fsp3) is 0.438. The minimum Gasteiger partial charge on any atom is -0.508 e. The summed E-state index contributed by atoms with van der Waals surface area (Å²) in [5.74, 6) is -1.18. The number of phenols is 1. The molecular weight excluding hydrogens is 748 g/mol. The molecule has 3 heterocycles. The maximum atomic E-state index is 15.9. The smallest absolute Gasteiger partial charge is 0.255 e. The molecule has 4 bridgehead atoms.